The number of halogens is 1. The number of oxazole rings is 1. The van der Waals surface area contributed by atoms with Gasteiger partial charge in [0.25, 0.3) is 5.91 Å². The van der Waals surface area contributed by atoms with Gasteiger partial charge in [-0.25, -0.2) is 9.37 Å². The van der Waals surface area contributed by atoms with Gasteiger partial charge in [0.05, 0.1) is 13.0 Å². The Labute approximate surface area is 132 Å². The number of esters is 1. The number of hydrogen-bond donors (Lipinski definition) is 1. The molecule has 0 aliphatic rings. The average Bonchev–Trinajstić information content (AvgIpc) is 2.87. The van der Waals surface area contributed by atoms with Crippen molar-refractivity contribution in [2.45, 2.75) is 19.8 Å². The predicted octanol–water partition coefficient (Wildman–Crippen LogP) is 2.12. The number of ether oxygens (including phenoxy) is 1. The third kappa shape index (κ3) is 3.94. The van der Waals surface area contributed by atoms with Crippen molar-refractivity contribution in [3.8, 4) is 0 Å². The highest BCUT2D eigenvalue weighted by Crippen LogP contribution is 2.18. The van der Waals surface area contributed by atoms with Crippen LogP contribution >= 0.6 is 0 Å². The zero-order chi connectivity index (χ0) is 17.0. The number of aromatic nitrogens is 1. The first-order valence-electron chi connectivity index (χ1n) is 6.98. The summed E-state index contributed by atoms with van der Waals surface area (Å²) in [5.74, 6) is -1.33. The number of aryl methyl sites for hydroxylation is 2. The molecule has 0 fully saturated rings. The molecule has 0 saturated carbocycles. The first-order valence-corrected chi connectivity index (χ1v) is 6.98. The van der Waals surface area contributed by atoms with Crippen LogP contribution in [0.25, 0.3) is 0 Å². The summed E-state index contributed by atoms with van der Waals surface area (Å²) in [7, 11) is 1.26. The lowest BCUT2D eigenvalue weighted by molar-refractivity contribution is -0.142. The van der Waals surface area contributed by atoms with Gasteiger partial charge in [-0.2, -0.15) is 0 Å². The van der Waals surface area contributed by atoms with Gasteiger partial charge in [0.15, 0.2) is 11.6 Å². The van der Waals surface area contributed by atoms with Crippen LogP contribution in [0.4, 0.5) is 4.39 Å². The molecule has 23 heavy (non-hydrogen) atoms. The fraction of sp³-hybridized carbons (Fsp3) is 0.312. The minimum Gasteiger partial charge on any atom is -0.468 e. The molecule has 6 nitrogen and oxygen atoms in total. The molecule has 0 aliphatic carbocycles. The van der Waals surface area contributed by atoms with Gasteiger partial charge in [-0.05, 0) is 24.6 Å². The number of hydrogen-bond acceptors (Lipinski definition) is 5. The van der Waals surface area contributed by atoms with Crippen LogP contribution in [0.3, 0.4) is 0 Å². The quantitative estimate of drug-likeness (QED) is 0.853. The van der Waals surface area contributed by atoms with Crippen LogP contribution in [-0.2, 0) is 9.53 Å². The van der Waals surface area contributed by atoms with Gasteiger partial charge in [-0.15, -0.1) is 0 Å². The molecule has 2 rings (SSSR count). The van der Waals surface area contributed by atoms with E-state index >= 15 is 0 Å². The van der Waals surface area contributed by atoms with Gasteiger partial charge in [0.2, 0.25) is 0 Å². The fourth-order valence-electron chi connectivity index (χ4n) is 2.19. The summed E-state index contributed by atoms with van der Waals surface area (Å²) < 4.78 is 23.0. The number of benzene rings is 1. The second-order valence-corrected chi connectivity index (χ2v) is 4.97. The van der Waals surface area contributed by atoms with Crippen molar-refractivity contribution < 1.29 is 23.1 Å². The van der Waals surface area contributed by atoms with Crippen LogP contribution < -0.4 is 5.32 Å². The summed E-state index contributed by atoms with van der Waals surface area (Å²) in [5, 5.41) is 2.63. The number of nitrogens with one attached hydrogen (secondary N) is 1. The normalized spacial score (nSPS) is 11.8. The number of amides is 1. The Bertz CT molecular complexity index is 709. The number of nitrogens with zero attached hydrogens (tertiary/aromatic N) is 1. The summed E-state index contributed by atoms with van der Waals surface area (Å²) in [5.41, 5.74) is 0.719. The van der Waals surface area contributed by atoms with Crippen molar-refractivity contribution in [2.75, 3.05) is 13.7 Å². The highest BCUT2D eigenvalue weighted by molar-refractivity contribution is 5.93. The van der Waals surface area contributed by atoms with Gasteiger partial charge in [-0.1, -0.05) is 12.1 Å². The van der Waals surface area contributed by atoms with E-state index in [0.29, 0.717) is 17.2 Å². The predicted molar refractivity (Wildman–Crippen MR) is 79.5 cm³/mol. The van der Waals surface area contributed by atoms with Gasteiger partial charge in [-0.3, -0.25) is 9.59 Å². The average molecular weight is 320 g/mol. The van der Waals surface area contributed by atoms with Crippen LogP contribution in [0.1, 0.15) is 33.6 Å². The Morgan fingerprint density at radius 2 is 1.96 bits per heavy atom. The van der Waals surface area contributed by atoms with Crippen molar-refractivity contribution >= 4 is 11.9 Å². The molecule has 1 atom stereocenters. The maximum Gasteiger partial charge on any atom is 0.314 e. The molecule has 2 aromatic rings. The molecule has 1 N–H and O–H groups in total. The number of carbonyl (C=O) groups excluding carboxylic acids is 2. The zero-order valence-electron chi connectivity index (χ0n) is 13.1. The lowest BCUT2D eigenvalue weighted by Crippen LogP contribution is -2.32. The second-order valence-electron chi connectivity index (χ2n) is 4.97. The van der Waals surface area contributed by atoms with E-state index in [1.807, 2.05) is 0 Å². The van der Waals surface area contributed by atoms with E-state index in [2.05, 4.69) is 10.3 Å². The Hall–Kier alpha value is -2.70. The van der Waals surface area contributed by atoms with Crippen LogP contribution in [0, 0.1) is 19.7 Å². The van der Waals surface area contributed by atoms with Gasteiger partial charge in [0, 0.05) is 13.5 Å². The van der Waals surface area contributed by atoms with Crippen molar-refractivity contribution in [1.82, 2.24) is 10.3 Å². The maximum atomic E-state index is 13.0. The molecule has 1 aromatic heterocycles. The number of methoxy groups -OCH3 is 1. The van der Waals surface area contributed by atoms with E-state index in [4.69, 9.17) is 9.15 Å². The molecular weight excluding hydrogens is 303 g/mol. The standard InChI is InChI=1S/C16H17FN2O4/c1-9-14(19-10(2)23-9)15(20)18-8-13(16(21)22-3)11-4-6-12(17)7-5-11/h4-7,13H,8H2,1-3H3,(H,18,20)/t13-/m1/s1. The van der Waals surface area contributed by atoms with Crippen molar-refractivity contribution in [3.05, 3.63) is 53.0 Å². The first-order chi connectivity index (χ1) is 10.9. The van der Waals surface area contributed by atoms with E-state index in [1.54, 1.807) is 13.8 Å². The van der Waals surface area contributed by atoms with Crippen LogP contribution in [0.5, 0.6) is 0 Å². The monoisotopic (exact) mass is 320 g/mol. The molecule has 122 valence electrons. The molecule has 0 bridgehead atoms. The Morgan fingerprint density at radius 3 is 2.48 bits per heavy atom. The number of rotatable bonds is 5. The highest BCUT2D eigenvalue weighted by Gasteiger charge is 2.24. The minimum atomic E-state index is -0.738. The highest BCUT2D eigenvalue weighted by atomic mass is 19.1. The topological polar surface area (TPSA) is 81.4 Å². The first kappa shape index (κ1) is 16.7. The van der Waals surface area contributed by atoms with Crippen LogP contribution in [-0.4, -0.2) is 30.5 Å². The molecule has 0 saturated heterocycles. The van der Waals surface area contributed by atoms with Gasteiger partial charge < -0.3 is 14.5 Å². The van der Waals surface area contributed by atoms with Gasteiger partial charge >= 0.3 is 5.97 Å². The Kier molecular flexibility index (Phi) is 5.10. The summed E-state index contributed by atoms with van der Waals surface area (Å²) in [6, 6.07) is 5.46. The summed E-state index contributed by atoms with van der Waals surface area (Å²) in [4.78, 5) is 28.0. The lowest BCUT2D eigenvalue weighted by Gasteiger charge is -2.15. The van der Waals surface area contributed by atoms with E-state index in [1.165, 1.54) is 31.4 Å². The van der Waals surface area contributed by atoms with E-state index < -0.39 is 23.6 Å². The van der Waals surface area contributed by atoms with E-state index in [-0.39, 0.29) is 12.2 Å². The van der Waals surface area contributed by atoms with E-state index in [0.717, 1.165) is 0 Å². The minimum absolute atomic E-state index is 0.00247. The SMILES string of the molecule is COC(=O)[C@H](CNC(=O)c1nc(C)oc1C)c1ccc(F)cc1. The third-order valence-electron chi connectivity index (χ3n) is 3.34. The summed E-state index contributed by atoms with van der Waals surface area (Å²) >= 11 is 0. The Balaban J connectivity index is 2.12. The Morgan fingerprint density at radius 1 is 1.30 bits per heavy atom. The molecule has 0 unspecified atom stereocenters. The van der Waals surface area contributed by atoms with Crippen molar-refractivity contribution in [1.29, 1.82) is 0 Å². The van der Waals surface area contributed by atoms with Crippen LogP contribution in [0.15, 0.2) is 28.7 Å². The molecule has 1 aromatic carbocycles. The molecule has 1 heterocycles. The summed E-state index contributed by atoms with van der Waals surface area (Å²) in [6.07, 6.45) is 0. The smallest absolute Gasteiger partial charge is 0.314 e. The zero-order valence-corrected chi connectivity index (χ0v) is 13.1. The van der Waals surface area contributed by atoms with Crippen molar-refractivity contribution in [2.24, 2.45) is 0 Å². The second kappa shape index (κ2) is 7.04. The molecule has 0 aliphatic heterocycles. The number of carbonyl (C=O) groups is 2. The van der Waals surface area contributed by atoms with Crippen LogP contribution in [0.2, 0.25) is 0 Å². The van der Waals surface area contributed by atoms with Crippen molar-refractivity contribution in [3.63, 3.8) is 0 Å². The fourth-order valence-corrected chi connectivity index (χ4v) is 2.19. The molecule has 1 amide bonds. The van der Waals surface area contributed by atoms with Gasteiger partial charge in [0.1, 0.15) is 11.6 Å². The third-order valence-corrected chi connectivity index (χ3v) is 3.34. The lowest BCUT2D eigenvalue weighted by atomic mass is 9.99. The molecular formula is C16H17FN2O4. The molecule has 0 radical (unpaired) electrons. The summed E-state index contributed by atoms with van der Waals surface area (Å²) in [6.45, 7) is 3.27. The largest absolute Gasteiger partial charge is 0.468 e. The van der Waals surface area contributed by atoms with E-state index in [9.17, 15) is 14.0 Å². The maximum absolute atomic E-state index is 13.0. The molecule has 0 spiro atoms. The molecule has 7 heteroatoms.